The molecule has 0 bridgehead atoms. The number of aliphatic hydroxyl groups excluding tert-OH is 1. The molecule has 0 radical (unpaired) electrons. The van der Waals surface area contributed by atoms with E-state index >= 15 is 0 Å². The zero-order valence-corrected chi connectivity index (χ0v) is 9.56. The normalized spacial score (nSPS) is 17.4. The molecule has 4 nitrogen and oxygen atoms in total. The molecule has 0 spiro atoms. The van der Waals surface area contributed by atoms with E-state index in [4.69, 9.17) is 9.84 Å². The van der Waals surface area contributed by atoms with Gasteiger partial charge in [0, 0.05) is 12.5 Å². The monoisotopic (exact) mass is 234 g/mol. The lowest BCUT2D eigenvalue weighted by Gasteiger charge is -2.09. The summed E-state index contributed by atoms with van der Waals surface area (Å²) in [6.07, 6.45) is 0.528. The molecule has 1 heterocycles. The number of carbonyl (C=O) groups is 1. The van der Waals surface area contributed by atoms with Gasteiger partial charge in [-0.15, -0.1) is 0 Å². The first-order valence-corrected chi connectivity index (χ1v) is 5.35. The molecule has 0 unspecified atom stereocenters. The van der Waals surface area contributed by atoms with E-state index in [-0.39, 0.29) is 17.4 Å². The van der Waals surface area contributed by atoms with Gasteiger partial charge in [0.15, 0.2) is 5.78 Å². The third-order valence-corrected chi connectivity index (χ3v) is 2.85. The van der Waals surface area contributed by atoms with Gasteiger partial charge in [0.2, 0.25) is 0 Å². The van der Waals surface area contributed by atoms with Crippen molar-refractivity contribution in [3.8, 4) is 11.5 Å². The number of aromatic hydroxyl groups is 1. The second-order valence-corrected chi connectivity index (χ2v) is 4.22. The molecule has 17 heavy (non-hydrogen) atoms. The number of rotatable bonds is 3. The first kappa shape index (κ1) is 11.7. The third-order valence-electron chi connectivity index (χ3n) is 2.85. The fourth-order valence-corrected chi connectivity index (χ4v) is 1.86. The van der Waals surface area contributed by atoms with E-state index in [9.17, 15) is 9.90 Å². The Morgan fingerprint density at radius 1 is 1.59 bits per heavy atom. The third kappa shape index (κ3) is 2.03. The summed E-state index contributed by atoms with van der Waals surface area (Å²) in [7, 11) is 0. The molecule has 2 N–H and O–H groups in total. The Kier molecular flexibility index (Phi) is 2.90. The van der Waals surface area contributed by atoms with E-state index in [2.05, 4.69) is 6.58 Å². The molecule has 2 rings (SSSR count). The van der Waals surface area contributed by atoms with Crippen LogP contribution in [0.1, 0.15) is 22.8 Å². The van der Waals surface area contributed by atoms with Gasteiger partial charge in [0.05, 0.1) is 5.56 Å². The summed E-state index contributed by atoms with van der Waals surface area (Å²) in [5.74, 6) is -0.0840. The average molecular weight is 234 g/mol. The second-order valence-electron chi connectivity index (χ2n) is 4.22. The smallest absolute Gasteiger partial charge is 0.191 e. The number of ketones is 1. The van der Waals surface area contributed by atoms with Crippen LogP contribution < -0.4 is 4.74 Å². The average Bonchev–Trinajstić information content (AvgIpc) is 2.69. The Morgan fingerprint density at radius 3 is 2.88 bits per heavy atom. The van der Waals surface area contributed by atoms with Crippen LogP contribution in [0, 0.1) is 0 Å². The van der Waals surface area contributed by atoms with Crippen LogP contribution in [0.25, 0.3) is 0 Å². The van der Waals surface area contributed by atoms with Crippen molar-refractivity contribution in [2.75, 3.05) is 6.61 Å². The minimum atomic E-state index is -0.614. The first-order valence-electron chi connectivity index (χ1n) is 5.35. The Labute approximate surface area is 99.2 Å². The molecule has 0 saturated heterocycles. The summed E-state index contributed by atoms with van der Waals surface area (Å²) in [4.78, 5) is 11.4. The van der Waals surface area contributed by atoms with Gasteiger partial charge in [-0.1, -0.05) is 6.58 Å². The van der Waals surface area contributed by atoms with Gasteiger partial charge in [0.1, 0.15) is 24.2 Å². The van der Waals surface area contributed by atoms with Crippen LogP contribution in [0.2, 0.25) is 0 Å². The maximum absolute atomic E-state index is 11.4. The molecule has 0 saturated carbocycles. The lowest BCUT2D eigenvalue weighted by molar-refractivity contribution is 0.0901. The number of carbonyl (C=O) groups excluding carboxylic acids is 1. The van der Waals surface area contributed by atoms with E-state index in [1.165, 1.54) is 6.07 Å². The van der Waals surface area contributed by atoms with Crippen LogP contribution in [0.5, 0.6) is 11.5 Å². The van der Waals surface area contributed by atoms with Crippen LogP contribution in [-0.4, -0.2) is 28.7 Å². The lowest BCUT2D eigenvalue weighted by atomic mass is 10.0. The zero-order chi connectivity index (χ0) is 12.6. The Bertz CT molecular complexity index is 490. The second kappa shape index (κ2) is 4.22. The van der Waals surface area contributed by atoms with Gasteiger partial charge in [-0.25, -0.2) is 0 Å². The number of phenols is 1. The number of benzene rings is 1. The number of fused-ring (bicyclic) bond motifs is 1. The number of aliphatic hydroxyl groups is 1. The molecule has 1 aliphatic heterocycles. The van der Waals surface area contributed by atoms with E-state index < -0.39 is 12.4 Å². The largest absolute Gasteiger partial charge is 0.507 e. The number of ether oxygens (including phenoxy) is 1. The van der Waals surface area contributed by atoms with Crippen molar-refractivity contribution < 1.29 is 19.7 Å². The number of hydrogen-bond donors (Lipinski definition) is 2. The molecule has 90 valence electrons. The maximum Gasteiger partial charge on any atom is 0.191 e. The van der Waals surface area contributed by atoms with Crippen molar-refractivity contribution in [1.29, 1.82) is 0 Å². The highest BCUT2D eigenvalue weighted by molar-refractivity contribution is 5.99. The Balaban J connectivity index is 2.37. The summed E-state index contributed by atoms with van der Waals surface area (Å²) in [6, 6.07) is 2.99. The summed E-state index contributed by atoms with van der Waals surface area (Å²) in [6.45, 7) is 5.08. The van der Waals surface area contributed by atoms with Gasteiger partial charge in [0.25, 0.3) is 0 Å². The lowest BCUT2D eigenvalue weighted by Crippen LogP contribution is -2.13. The van der Waals surface area contributed by atoms with Crippen molar-refractivity contribution in [3.63, 3.8) is 0 Å². The quantitative estimate of drug-likeness (QED) is 0.613. The van der Waals surface area contributed by atoms with Crippen molar-refractivity contribution in [1.82, 2.24) is 0 Å². The van der Waals surface area contributed by atoms with Crippen molar-refractivity contribution >= 4 is 5.78 Å². The molecule has 4 heteroatoms. The van der Waals surface area contributed by atoms with Crippen LogP contribution in [0.3, 0.4) is 0 Å². The summed E-state index contributed by atoms with van der Waals surface area (Å²) in [5, 5.41) is 18.5. The van der Waals surface area contributed by atoms with Gasteiger partial charge < -0.3 is 14.9 Å². The minimum Gasteiger partial charge on any atom is -0.507 e. The predicted octanol–water partition coefficient (Wildman–Crippen LogP) is 1.45. The van der Waals surface area contributed by atoms with Gasteiger partial charge >= 0.3 is 0 Å². The Hall–Kier alpha value is -1.81. The topological polar surface area (TPSA) is 66.8 Å². The highest BCUT2D eigenvalue weighted by atomic mass is 16.5. The van der Waals surface area contributed by atoms with E-state index in [0.717, 1.165) is 11.1 Å². The Morgan fingerprint density at radius 2 is 2.29 bits per heavy atom. The molecule has 0 amide bonds. The molecule has 1 aromatic carbocycles. The molecule has 1 aliphatic rings. The van der Waals surface area contributed by atoms with Gasteiger partial charge in [-0.05, 0) is 24.1 Å². The number of hydrogen-bond acceptors (Lipinski definition) is 4. The highest BCUT2D eigenvalue weighted by Gasteiger charge is 2.26. The van der Waals surface area contributed by atoms with Crippen LogP contribution in [-0.2, 0) is 6.42 Å². The summed E-state index contributed by atoms with van der Waals surface area (Å²) in [5.41, 5.74) is 1.89. The molecule has 0 aliphatic carbocycles. The fraction of sp³-hybridized carbons (Fsp3) is 0.308. The highest BCUT2D eigenvalue weighted by Crippen LogP contribution is 2.36. The van der Waals surface area contributed by atoms with Gasteiger partial charge in [-0.2, -0.15) is 0 Å². The van der Waals surface area contributed by atoms with Gasteiger partial charge in [-0.3, -0.25) is 4.79 Å². The zero-order valence-electron chi connectivity index (χ0n) is 9.56. The van der Waals surface area contributed by atoms with Crippen molar-refractivity contribution in [3.05, 3.63) is 35.4 Å². The summed E-state index contributed by atoms with van der Waals surface area (Å²) >= 11 is 0. The number of Topliss-reactive ketones (excluding diaryl/α,β-unsaturated/α-hetero) is 1. The van der Waals surface area contributed by atoms with E-state index in [1.54, 1.807) is 6.07 Å². The van der Waals surface area contributed by atoms with Crippen molar-refractivity contribution in [2.24, 2.45) is 0 Å². The first-order chi connectivity index (χ1) is 8.02. The van der Waals surface area contributed by atoms with Crippen molar-refractivity contribution in [2.45, 2.75) is 19.4 Å². The molecular formula is C13H14O4. The fourth-order valence-electron chi connectivity index (χ4n) is 1.86. The van der Waals surface area contributed by atoms with E-state index in [0.29, 0.717) is 12.2 Å². The predicted molar refractivity (Wildman–Crippen MR) is 62.5 cm³/mol. The van der Waals surface area contributed by atoms with Crippen LogP contribution in [0.15, 0.2) is 24.3 Å². The standard InChI is InChI=1S/C13H14O4/c1-7(2)12-4-8-3-9(11(16)6-14)10(15)5-13(8)17-12/h3,5,12,14-15H,1,4,6H2,2H3/t12-/m0/s1. The van der Waals surface area contributed by atoms with Crippen LogP contribution in [0.4, 0.5) is 0 Å². The molecule has 1 aromatic rings. The summed E-state index contributed by atoms with van der Waals surface area (Å²) < 4.78 is 5.58. The van der Waals surface area contributed by atoms with E-state index in [1.807, 2.05) is 6.92 Å². The molecule has 0 aromatic heterocycles. The molecule has 0 fully saturated rings. The molecule has 1 atom stereocenters. The van der Waals surface area contributed by atoms with Crippen LogP contribution >= 0.6 is 0 Å². The maximum atomic E-state index is 11.4. The SMILES string of the molecule is C=C(C)[C@@H]1Cc2cc(C(=O)CO)c(O)cc2O1. The minimum absolute atomic E-state index is 0.108. The molecular weight excluding hydrogens is 220 g/mol. The number of phenolic OH excluding ortho intramolecular Hbond substituents is 1.